The minimum Gasteiger partial charge on any atom is -0.379 e. The number of anilines is 1. The zero-order chi connectivity index (χ0) is 22.2. The van der Waals surface area contributed by atoms with E-state index in [2.05, 4.69) is 65.6 Å². The molecular weight excluding hydrogens is 527 g/mol. The van der Waals surface area contributed by atoms with Gasteiger partial charge in [0.1, 0.15) is 9.84 Å². The maximum atomic E-state index is 11.1. The number of benzene rings is 1. The molecule has 0 amide bonds. The maximum absolute atomic E-state index is 11.1. The Hall–Kier alpha value is -1.07. The smallest absolute Gasteiger partial charge is 0.191 e. The Labute approximate surface area is 205 Å². The fraction of sp³-hybridized carbons (Fsp3) is 0.682. The third-order valence-corrected chi connectivity index (χ3v) is 6.20. The third kappa shape index (κ3) is 10.4. The van der Waals surface area contributed by atoms with E-state index in [0.717, 1.165) is 31.9 Å². The first-order valence-electron chi connectivity index (χ1n) is 10.7. The van der Waals surface area contributed by atoms with E-state index in [9.17, 15) is 8.42 Å². The van der Waals surface area contributed by atoms with E-state index in [1.54, 1.807) is 7.05 Å². The Morgan fingerprint density at radius 1 is 1.16 bits per heavy atom. The second kappa shape index (κ2) is 12.8. The normalized spacial score (nSPS) is 16.0. The van der Waals surface area contributed by atoms with E-state index in [4.69, 9.17) is 4.74 Å². The molecule has 1 aliphatic rings. The average molecular weight is 567 g/mol. The van der Waals surface area contributed by atoms with Crippen molar-refractivity contribution in [3.05, 3.63) is 29.8 Å². The van der Waals surface area contributed by atoms with E-state index in [1.807, 2.05) is 0 Å². The molecule has 1 saturated heterocycles. The van der Waals surface area contributed by atoms with Crippen LogP contribution in [0.2, 0.25) is 0 Å². The number of halogens is 1. The maximum Gasteiger partial charge on any atom is 0.191 e. The number of piperidine rings is 1. The van der Waals surface area contributed by atoms with E-state index in [1.165, 1.54) is 17.5 Å². The summed E-state index contributed by atoms with van der Waals surface area (Å²) in [6.45, 7) is 9.99. The molecule has 2 N–H and O–H groups in total. The average Bonchev–Trinajstić information content (AvgIpc) is 2.69. The van der Waals surface area contributed by atoms with Crippen LogP contribution < -0.4 is 15.5 Å². The van der Waals surface area contributed by atoms with Crippen molar-refractivity contribution in [2.75, 3.05) is 56.8 Å². The van der Waals surface area contributed by atoms with Gasteiger partial charge in [-0.3, -0.25) is 4.99 Å². The first-order chi connectivity index (χ1) is 14.1. The number of nitrogens with zero attached hydrogens (tertiary/aromatic N) is 2. The molecule has 1 fully saturated rings. The highest BCUT2D eigenvalue weighted by Gasteiger charge is 2.21. The molecule has 0 aliphatic carbocycles. The van der Waals surface area contributed by atoms with E-state index < -0.39 is 9.84 Å². The molecule has 0 atom stereocenters. The Bertz CT molecular complexity index is 784. The van der Waals surface area contributed by atoms with Crippen LogP contribution in [0, 0.1) is 0 Å². The Kier molecular flexibility index (Phi) is 11.6. The largest absolute Gasteiger partial charge is 0.379 e. The first-order valence-corrected chi connectivity index (χ1v) is 12.7. The van der Waals surface area contributed by atoms with Gasteiger partial charge in [0.25, 0.3) is 0 Å². The van der Waals surface area contributed by atoms with Crippen LogP contribution in [-0.2, 0) is 20.0 Å². The second-order valence-electron chi connectivity index (χ2n) is 8.94. The lowest BCUT2D eigenvalue weighted by atomic mass is 9.87. The summed E-state index contributed by atoms with van der Waals surface area (Å²) >= 11 is 0. The van der Waals surface area contributed by atoms with Crippen LogP contribution in [0.3, 0.4) is 0 Å². The van der Waals surface area contributed by atoms with Crippen LogP contribution in [0.1, 0.15) is 39.2 Å². The molecule has 31 heavy (non-hydrogen) atoms. The van der Waals surface area contributed by atoms with Gasteiger partial charge in [-0.25, -0.2) is 8.42 Å². The molecule has 1 aromatic rings. The number of guanidine groups is 1. The first kappa shape index (κ1) is 28.0. The van der Waals surface area contributed by atoms with Gasteiger partial charge in [0.2, 0.25) is 0 Å². The summed E-state index contributed by atoms with van der Waals surface area (Å²) in [7, 11) is -1.21. The quantitative estimate of drug-likeness (QED) is 0.218. The SMILES string of the molecule is CN=C(NCCOCCS(C)(=O)=O)NC1CCN(c2ccc(C(C)(C)C)cc2)CC1.I. The molecule has 1 aliphatic heterocycles. The van der Waals surface area contributed by atoms with Crippen molar-refractivity contribution < 1.29 is 13.2 Å². The van der Waals surface area contributed by atoms with Gasteiger partial charge in [-0.05, 0) is 36.0 Å². The van der Waals surface area contributed by atoms with Gasteiger partial charge >= 0.3 is 0 Å². The van der Waals surface area contributed by atoms with Crippen LogP contribution in [0.5, 0.6) is 0 Å². The molecule has 0 radical (unpaired) electrons. The van der Waals surface area contributed by atoms with Crippen molar-refractivity contribution >= 4 is 45.5 Å². The third-order valence-electron chi connectivity index (χ3n) is 5.30. The number of aliphatic imine (C=N–C) groups is 1. The number of hydrogen-bond acceptors (Lipinski definition) is 5. The lowest BCUT2D eigenvalue weighted by Crippen LogP contribution is -2.49. The minimum absolute atomic E-state index is 0. The number of sulfone groups is 1. The minimum atomic E-state index is -2.97. The summed E-state index contributed by atoms with van der Waals surface area (Å²) in [5.74, 6) is 0.812. The van der Waals surface area contributed by atoms with Gasteiger partial charge in [0.05, 0.1) is 19.0 Å². The summed E-state index contributed by atoms with van der Waals surface area (Å²) in [5, 5.41) is 6.71. The highest BCUT2D eigenvalue weighted by Crippen LogP contribution is 2.26. The lowest BCUT2D eigenvalue weighted by molar-refractivity contribution is 0.154. The Morgan fingerprint density at radius 3 is 2.29 bits per heavy atom. The Morgan fingerprint density at radius 2 is 1.77 bits per heavy atom. The Balaban J connectivity index is 0.00000480. The molecule has 0 bridgehead atoms. The van der Waals surface area contributed by atoms with Crippen molar-refractivity contribution in [2.24, 2.45) is 4.99 Å². The summed E-state index contributed by atoms with van der Waals surface area (Å²) in [4.78, 5) is 6.72. The number of nitrogens with one attached hydrogen (secondary N) is 2. The van der Waals surface area contributed by atoms with Crippen molar-refractivity contribution in [3.8, 4) is 0 Å². The second-order valence-corrected chi connectivity index (χ2v) is 11.2. The van der Waals surface area contributed by atoms with Gasteiger partial charge in [0, 0.05) is 44.7 Å². The molecular formula is C22H39IN4O3S. The monoisotopic (exact) mass is 566 g/mol. The zero-order valence-corrected chi connectivity index (χ0v) is 22.6. The van der Waals surface area contributed by atoms with Crippen LogP contribution in [0.25, 0.3) is 0 Å². The van der Waals surface area contributed by atoms with Gasteiger partial charge in [-0.2, -0.15) is 0 Å². The molecule has 9 heteroatoms. The molecule has 178 valence electrons. The molecule has 0 saturated carbocycles. The molecule has 2 rings (SSSR count). The highest BCUT2D eigenvalue weighted by molar-refractivity contribution is 14.0. The molecule has 1 heterocycles. The molecule has 0 spiro atoms. The molecule has 0 unspecified atom stereocenters. The van der Waals surface area contributed by atoms with E-state index >= 15 is 0 Å². The number of hydrogen-bond donors (Lipinski definition) is 2. The van der Waals surface area contributed by atoms with Crippen molar-refractivity contribution in [1.29, 1.82) is 0 Å². The van der Waals surface area contributed by atoms with Crippen LogP contribution >= 0.6 is 24.0 Å². The van der Waals surface area contributed by atoms with Crippen LogP contribution in [0.4, 0.5) is 5.69 Å². The molecule has 0 aromatic heterocycles. The summed E-state index contributed by atoms with van der Waals surface area (Å²) in [5.41, 5.74) is 2.82. The predicted molar refractivity (Wildman–Crippen MR) is 141 cm³/mol. The van der Waals surface area contributed by atoms with E-state index in [-0.39, 0.29) is 41.8 Å². The summed E-state index contributed by atoms with van der Waals surface area (Å²) in [6.07, 6.45) is 3.31. The summed E-state index contributed by atoms with van der Waals surface area (Å²) in [6, 6.07) is 9.33. The van der Waals surface area contributed by atoms with Crippen molar-refractivity contribution in [2.45, 2.75) is 45.1 Å². The zero-order valence-electron chi connectivity index (χ0n) is 19.5. The lowest BCUT2D eigenvalue weighted by Gasteiger charge is -2.35. The standard InChI is InChI=1S/C22H38N4O3S.HI/c1-22(2,3)18-6-8-20(9-7-18)26-13-10-19(11-14-26)25-21(23-4)24-12-15-29-16-17-30(5,27)28;/h6-9,19H,10-17H2,1-5H3,(H2,23,24,25);1H. The summed E-state index contributed by atoms with van der Waals surface area (Å²) < 4.78 is 27.5. The topological polar surface area (TPSA) is 83.0 Å². The van der Waals surface area contributed by atoms with E-state index in [0.29, 0.717) is 19.2 Å². The van der Waals surface area contributed by atoms with Crippen LogP contribution in [-0.4, -0.2) is 72.3 Å². The van der Waals surface area contributed by atoms with Crippen molar-refractivity contribution in [3.63, 3.8) is 0 Å². The highest BCUT2D eigenvalue weighted by atomic mass is 127. The van der Waals surface area contributed by atoms with Gasteiger partial charge in [0.15, 0.2) is 5.96 Å². The van der Waals surface area contributed by atoms with Crippen LogP contribution in [0.15, 0.2) is 29.3 Å². The van der Waals surface area contributed by atoms with Gasteiger partial charge in [-0.1, -0.05) is 32.9 Å². The predicted octanol–water partition coefficient (Wildman–Crippen LogP) is 2.80. The van der Waals surface area contributed by atoms with Gasteiger partial charge < -0.3 is 20.3 Å². The fourth-order valence-electron chi connectivity index (χ4n) is 3.40. The van der Waals surface area contributed by atoms with Gasteiger partial charge in [-0.15, -0.1) is 24.0 Å². The number of ether oxygens (including phenoxy) is 1. The van der Waals surface area contributed by atoms with Crippen molar-refractivity contribution in [1.82, 2.24) is 10.6 Å². The molecule has 7 nitrogen and oxygen atoms in total. The molecule has 1 aromatic carbocycles. The number of rotatable bonds is 8. The fourth-order valence-corrected chi connectivity index (χ4v) is 3.82.